The van der Waals surface area contributed by atoms with E-state index in [1.54, 1.807) is 18.2 Å². The fourth-order valence-electron chi connectivity index (χ4n) is 17.6. The van der Waals surface area contributed by atoms with Gasteiger partial charge in [-0.2, -0.15) is 15.3 Å². The number of benzene rings is 6. The Kier molecular flexibility index (Phi) is 28.4. The molecule has 6 aromatic heterocycles. The summed E-state index contributed by atoms with van der Waals surface area (Å²) in [5.41, 5.74) is 25.9. The molecule has 3 atom stereocenters. The van der Waals surface area contributed by atoms with Gasteiger partial charge in [0.1, 0.15) is 88.0 Å². The Hall–Kier alpha value is -12.8. The Morgan fingerprint density at radius 2 is 0.690 bits per heavy atom. The SMILES string of the molecule is CN1CCC(N(C)C/C=C/C(=O)N2CCC[C@@H](n3nc(-c4ccc(Oc5ccccc5)cc4)c4c(N)ncnc43)C2)CC1.CN1CCC(NC/C=C/C(=O)N2CCC[C@@H](n3nc(-c4ccc(Oc5ccccc5)cc4)c4c(N)ncnc43)C2)CC1.CN1CCC(NC/C=C/C(=O)N2CC[C@@H](n3nc(-c4ccc(Oc5ccccc5)cc4)c4c(N)ncnc43)C2)CC1. The van der Waals surface area contributed by atoms with E-state index in [0.717, 1.165) is 190 Å². The number of hydrogen-bond acceptors (Lipinski definition) is 24. The van der Waals surface area contributed by atoms with Crippen LogP contribution in [-0.2, 0) is 14.4 Å². The number of likely N-dealkylation sites (N-methyl/N-ethyl adjacent to an activating group) is 1. The first kappa shape index (κ1) is 86.7. The number of hydrogen-bond donors (Lipinski definition) is 5. The van der Waals surface area contributed by atoms with Gasteiger partial charge in [-0.25, -0.2) is 43.9 Å². The highest BCUT2D eigenvalue weighted by molar-refractivity contribution is 6.01. The van der Waals surface area contributed by atoms with Crippen LogP contribution in [-0.4, -0.2) is 256 Å². The van der Waals surface area contributed by atoms with E-state index in [4.69, 9.17) is 46.7 Å². The van der Waals surface area contributed by atoms with Gasteiger partial charge in [0, 0.05) is 112 Å². The van der Waals surface area contributed by atoms with Crippen molar-refractivity contribution in [1.29, 1.82) is 0 Å². The lowest BCUT2D eigenvalue weighted by molar-refractivity contribution is -0.128. The summed E-state index contributed by atoms with van der Waals surface area (Å²) in [5.74, 6) is 5.77. The van der Waals surface area contributed by atoms with Crippen LogP contribution in [0.2, 0.25) is 0 Å². The molecule has 30 heteroatoms. The van der Waals surface area contributed by atoms with Crippen molar-refractivity contribution in [3.8, 4) is 68.3 Å². The van der Waals surface area contributed by atoms with Crippen molar-refractivity contribution in [3.05, 3.63) is 219 Å². The van der Waals surface area contributed by atoms with Crippen LogP contribution in [0.25, 0.3) is 66.9 Å². The van der Waals surface area contributed by atoms with E-state index >= 15 is 0 Å². The third-order valence-electron chi connectivity index (χ3n) is 24.8. The van der Waals surface area contributed by atoms with Gasteiger partial charge in [-0.05, 0) is 247 Å². The van der Waals surface area contributed by atoms with E-state index < -0.39 is 0 Å². The molecule has 0 unspecified atom stereocenters. The zero-order valence-corrected chi connectivity index (χ0v) is 72.3. The van der Waals surface area contributed by atoms with Crippen LogP contribution < -0.4 is 42.0 Å². The number of nitrogen functional groups attached to an aromatic ring is 3. The molecule has 6 aliphatic heterocycles. The molecule has 6 aliphatic rings. The Balaban J connectivity index is 0.000000139. The van der Waals surface area contributed by atoms with E-state index in [2.05, 4.69) is 88.3 Å². The molecule has 18 rings (SSSR count). The van der Waals surface area contributed by atoms with Gasteiger partial charge in [0.15, 0.2) is 16.9 Å². The number of anilines is 3. The minimum absolute atomic E-state index is 0.00376. The van der Waals surface area contributed by atoms with Gasteiger partial charge in [-0.15, -0.1) is 0 Å². The van der Waals surface area contributed by atoms with E-state index in [-0.39, 0.29) is 35.8 Å². The van der Waals surface area contributed by atoms with Crippen LogP contribution in [0.1, 0.15) is 88.8 Å². The molecule has 6 saturated heterocycles. The van der Waals surface area contributed by atoms with Crippen LogP contribution in [0.4, 0.5) is 17.5 Å². The van der Waals surface area contributed by atoms with Crippen molar-refractivity contribution < 1.29 is 28.6 Å². The van der Waals surface area contributed by atoms with E-state index in [0.29, 0.717) is 103 Å². The first-order valence-corrected chi connectivity index (χ1v) is 44.1. The van der Waals surface area contributed by atoms with Crippen molar-refractivity contribution in [3.63, 3.8) is 0 Å². The summed E-state index contributed by atoms with van der Waals surface area (Å²) in [6.07, 6.45) is 26.7. The molecule has 30 nitrogen and oxygen atoms in total. The van der Waals surface area contributed by atoms with E-state index in [1.807, 2.05) is 211 Å². The maximum absolute atomic E-state index is 13.2. The zero-order chi connectivity index (χ0) is 86.8. The average Bonchev–Trinajstić information content (AvgIpc) is 1.62. The van der Waals surface area contributed by atoms with Crippen molar-refractivity contribution in [2.45, 2.75) is 107 Å². The molecule has 8 N–H and O–H groups in total. The number of nitrogens with one attached hydrogen (secondary N) is 2. The van der Waals surface area contributed by atoms with E-state index in [9.17, 15) is 14.4 Å². The molecule has 0 spiro atoms. The lowest BCUT2D eigenvalue weighted by Crippen LogP contribution is -2.42. The molecule has 0 bridgehead atoms. The fourth-order valence-corrected chi connectivity index (χ4v) is 17.6. The number of fused-ring (bicyclic) bond motifs is 3. The second-order valence-corrected chi connectivity index (χ2v) is 33.6. The predicted molar refractivity (Wildman–Crippen MR) is 493 cm³/mol. The molecular formula is C96H114N24O6. The average molecular weight is 1700 g/mol. The third-order valence-corrected chi connectivity index (χ3v) is 24.8. The highest BCUT2D eigenvalue weighted by atomic mass is 16.5. The molecule has 126 heavy (non-hydrogen) atoms. The molecule has 654 valence electrons. The molecule has 0 saturated carbocycles. The lowest BCUT2D eigenvalue weighted by atomic mass is 10.0. The minimum atomic E-state index is -0.0146. The molecule has 3 amide bonds. The molecule has 12 heterocycles. The van der Waals surface area contributed by atoms with Crippen LogP contribution in [0.5, 0.6) is 34.5 Å². The Morgan fingerprint density at radius 3 is 1.04 bits per heavy atom. The monoisotopic (exact) mass is 1700 g/mol. The summed E-state index contributed by atoms with van der Waals surface area (Å²) < 4.78 is 23.7. The molecular weight excluding hydrogens is 1590 g/mol. The molecule has 0 aliphatic carbocycles. The van der Waals surface area contributed by atoms with Crippen LogP contribution in [0.3, 0.4) is 0 Å². The first-order chi connectivity index (χ1) is 61.6. The van der Waals surface area contributed by atoms with Gasteiger partial charge in [-0.1, -0.05) is 72.8 Å². The quantitative estimate of drug-likeness (QED) is 0.0351. The summed E-state index contributed by atoms with van der Waals surface area (Å²) in [6.45, 7) is 12.7. The highest BCUT2D eigenvalue weighted by Crippen LogP contribution is 2.40. The summed E-state index contributed by atoms with van der Waals surface area (Å²) >= 11 is 0. The van der Waals surface area contributed by atoms with Gasteiger partial charge < -0.3 is 71.4 Å². The number of rotatable bonds is 24. The smallest absolute Gasteiger partial charge is 0.246 e. The Bertz CT molecular complexity index is 5710. The van der Waals surface area contributed by atoms with Crippen LogP contribution in [0, 0.1) is 0 Å². The molecule has 6 fully saturated rings. The number of nitrogens with zero attached hydrogens (tertiary/aromatic N) is 19. The van der Waals surface area contributed by atoms with Crippen LogP contribution >= 0.6 is 0 Å². The summed E-state index contributed by atoms with van der Waals surface area (Å²) in [6, 6.07) is 53.9. The number of ether oxygens (including phenoxy) is 3. The van der Waals surface area contributed by atoms with Crippen molar-refractivity contribution in [2.75, 3.05) is 144 Å². The summed E-state index contributed by atoms with van der Waals surface area (Å²) in [5, 5.41) is 24.3. The maximum atomic E-state index is 13.2. The van der Waals surface area contributed by atoms with Gasteiger partial charge in [0.2, 0.25) is 17.7 Å². The molecule has 6 aromatic carbocycles. The minimum Gasteiger partial charge on any atom is -0.457 e. The third kappa shape index (κ3) is 21.6. The van der Waals surface area contributed by atoms with Crippen molar-refractivity contribution in [1.82, 2.24) is 104 Å². The second-order valence-electron chi connectivity index (χ2n) is 33.6. The van der Waals surface area contributed by atoms with Gasteiger partial charge >= 0.3 is 0 Å². The van der Waals surface area contributed by atoms with Gasteiger partial charge in [-0.3, -0.25) is 19.3 Å². The molecule has 0 radical (unpaired) electrons. The topological polar surface area (TPSA) is 334 Å². The van der Waals surface area contributed by atoms with Crippen molar-refractivity contribution >= 4 is 68.3 Å². The summed E-state index contributed by atoms with van der Waals surface area (Å²) in [7, 11) is 8.65. The number of aromatic nitrogens is 12. The van der Waals surface area contributed by atoms with Crippen LogP contribution in [0.15, 0.2) is 219 Å². The van der Waals surface area contributed by atoms with Gasteiger partial charge in [0.25, 0.3) is 0 Å². The lowest BCUT2D eigenvalue weighted by Gasteiger charge is -2.34. The Morgan fingerprint density at radius 1 is 0.381 bits per heavy atom. The number of para-hydroxylation sites is 3. The number of amides is 3. The van der Waals surface area contributed by atoms with E-state index in [1.165, 1.54) is 31.8 Å². The van der Waals surface area contributed by atoms with Gasteiger partial charge in [0.05, 0.1) is 34.3 Å². The number of nitrogens with two attached hydrogens (primary N) is 3. The number of carbonyl (C=O) groups excluding carboxylic acids is 3. The highest BCUT2D eigenvalue weighted by Gasteiger charge is 2.34. The Labute approximate surface area is 735 Å². The number of likely N-dealkylation sites (tertiary alicyclic amines) is 6. The first-order valence-electron chi connectivity index (χ1n) is 44.1. The molecule has 12 aromatic rings. The van der Waals surface area contributed by atoms with Crippen molar-refractivity contribution in [2.24, 2.45) is 0 Å². The zero-order valence-electron chi connectivity index (χ0n) is 72.3. The maximum Gasteiger partial charge on any atom is 0.246 e. The fraction of sp³-hybridized carbons (Fsp3) is 0.375. The normalized spacial score (nSPS) is 18.5. The standard InChI is InChI=1S/C33H40N8O2.C32H38N8O2.C31H36N8O2/c1-38-20-16-25(17-21-38)39(2)18-7-11-29(42)40-19-6-8-26(22-40)41-33-30(32(34)35-23-36-33)31(37-41)24-12-14-28(15-13-24)43-27-9-4-3-5-10-27;1-38-19-15-24(16-20-38)34-17-5-10-28(41)39-18-6-7-25(21-39)40-32-29(31(33)35-22-36-32)30(37-40)23-11-13-27(14-12-23)42-26-8-3-2-4-9-26;1-37-17-13-23(14-18-37)33-16-5-8-27(40)38-19-15-24(20-38)39-31-28(30(32)34-21-35-31)29(36-39)22-9-11-26(12-10-22)41-25-6-3-2-4-7-25/h3-5,7,9-15,23,25-26H,6,8,16-22H2,1-2H3,(H2,34,35,36);2-5,8-14,22,24-25,34H,6-7,15-21H2,1H3,(H2,33,35,36);2-12,21,23-24,33H,13-20H2,1H3,(H2,32,34,35)/b11-7+;10-5+;8-5+/t26-;25-;24-/m111/s1. The number of carbonyl (C=O) groups is 3. The largest absolute Gasteiger partial charge is 0.457 e. The predicted octanol–water partition coefficient (Wildman–Crippen LogP) is 12.8. The number of piperidine rings is 5. The second kappa shape index (κ2) is 41.3. The summed E-state index contributed by atoms with van der Waals surface area (Å²) in [4.78, 5) is 80.9.